The molecule has 0 aliphatic carbocycles. The molecule has 5 heteroatoms. The monoisotopic (exact) mass is 250 g/mol. The Morgan fingerprint density at radius 1 is 1.28 bits per heavy atom. The van der Waals surface area contributed by atoms with Gasteiger partial charge < -0.3 is 20.1 Å². The number of hydrogen-bond donors (Lipinski definition) is 2. The zero-order valence-corrected chi connectivity index (χ0v) is 10.5. The first-order chi connectivity index (χ1) is 8.79. The molecule has 2 N–H and O–H groups in total. The standard InChI is InChI=1S/C13H18N2O3/c1-14-9-13(16)15-5-4-10-2-3-11-12(8-10)18-7-6-17-11/h2-3,8,14H,4-7,9H2,1H3,(H,15,16). The van der Waals surface area contributed by atoms with Crippen molar-refractivity contribution < 1.29 is 14.3 Å². The van der Waals surface area contributed by atoms with Gasteiger partial charge in [0.15, 0.2) is 11.5 Å². The third kappa shape index (κ3) is 3.37. The topological polar surface area (TPSA) is 59.6 Å². The highest BCUT2D eigenvalue weighted by Crippen LogP contribution is 2.30. The number of hydrogen-bond acceptors (Lipinski definition) is 4. The molecule has 1 aromatic rings. The van der Waals surface area contributed by atoms with E-state index in [1.165, 1.54) is 0 Å². The van der Waals surface area contributed by atoms with Crippen molar-refractivity contribution in [1.82, 2.24) is 10.6 Å². The Morgan fingerprint density at radius 3 is 2.83 bits per heavy atom. The van der Waals surface area contributed by atoms with Gasteiger partial charge in [-0.25, -0.2) is 0 Å². The zero-order valence-electron chi connectivity index (χ0n) is 10.5. The average Bonchev–Trinajstić information content (AvgIpc) is 2.39. The Labute approximate surface area is 106 Å². The van der Waals surface area contributed by atoms with Gasteiger partial charge in [0.2, 0.25) is 5.91 Å². The van der Waals surface area contributed by atoms with Gasteiger partial charge in [0, 0.05) is 6.54 Å². The number of benzene rings is 1. The lowest BCUT2D eigenvalue weighted by atomic mass is 10.1. The quantitative estimate of drug-likeness (QED) is 0.791. The van der Waals surface area contributed by atoms with Gasteiger partial charge in [0.05, 0.1) is 6.54 Å². The van der Waals surface area contributed by atoms with Gasteiger partial charge in [-0.15, -0.1) is 0 Å². The predicted molar refractivity (Wildman–Crippen MR) is 68.1 cm³/mol. The summed E-state index contributed by atoms with van der Waals surface area (Å²) in [5, 5.41) is 5.65. The molecule has 0 fully saturated rings. The van der Waals surface area contributed by atoms with Crippen LogP contribution in [0.5, 0.6) is 11.5 Å². The van der Waals surface area contributed by atoms with Crippen molar-refractivity contribution in [3.05, 3.63) is 23.8 Å². The largest absolute Gasteiger partial charge is 0.486 e. The first kappa shape index (κ1) is 12.7. The number of nitrogens with one attached hydrogen (secondary N) is 2. The Kier molecular flexibility index (Phi) is 4.41. The van der Waals surface area contributed by atoms with E-state index in [0.717, 1.165) is 23.5 Å². The van der Waals surface area contributed by atoms with E-state index >= 15 is 0 Å². The molecule has 0 saturated heterocycles. The number of carbonyl (C=O) groups excluding carboxylic acids is 1. The summed E-state index contributed by atoms with van der Waals surface area (Å²) in [6.45, 7) is 2.17. The van der Waals surface area contributed by atoms with Crippen molar-refractivity contribution in [3.63, 3.8) is 0 Å². The summed E-state index contributed by atoms with van der Waals surface area (Å²) < 4.78 is 11.0. The summed E-state index contributed by atoms with van der Waals surface area (Å²) >= 11 is 0. The maximum Gasteiger partial charge on any atom is 0.233 e. The van der Waals surface area contributed by atoms with Gasteiger partial charge >= 0.3 is 0 Å². The number of ether oxygens (including phenoxy) is 2. The minimum atomic E-state index is 0.00930. The van der Waals surface area contributed by atoms with E-state index in [-0.39, 0.29) is 5.91 Å². The van der Waals surface area contributed by atoms with E-state index in [1.54, 1.807) is 7.05 Å². The van der Waals surface area contributed by atoms with Crippen molar-refractivity contribution >= 4 is 5.91 Å². The molecule has 98 valence electrons. The van der Waals surface area contributed by atoms with Crippen molar-refractivity contribution in [2.24, 2.45) is 0 Å². The molecule has 18 heavy (non-hydrogen) atoms. The van der Waals surface area contributed by atoms with Gasteiger partial charge in [0.1, 0.15) is 13.2 Å². The third-order valence-corrected chi connectivity index (χ3v) is 2.68. The van der Waals surface area contributed by atoms with Crippen LogP contribution < -0.4 is 20.1 Å². The maximum atomic E-state index is 11.2. The second-order valence-electron chi connectivity index (χ2n) is 4.11. The molecule has 1 aromatic carbocycles. The maximum absolute atomic E-state index is 11.2. The molecule has 5 nitrogen and oxygen atoms in total. The van der Waals surface area contributed by atoms with E-state index in [9.17, 15) is 4.79 Å². The smallest absolute Gasteiger partial charge is 0.233 e. The summed E-state index contributed by atoms with van der Waals surface area (Å²) in [5.41, 5.74) is 1.13. The Bertz CT molecular complexity index is 421. The average molecular weight is 250 g/mol. The highest BCUT2D eigenvalue weighted by molar-refractivity contribution is 5.77. The summed E-state index contributed by atoms with van der Waals surface area (Å²) in [7, 11) is 1.75. The van der Waals surface area contributed by atoms with E-state index < -0.39 is 0 Å². The molecule has 0 atom stereocenters. The molecule has 1 aliphatic heterocycles. The van der Waals surface area contributed by atoms with Crippen LogP contribution in [0.1, 0.15) is 5.56 Å². The van der Waals surface area contributed by atoms with Crippen LogP contribution in [0.4, 0.5) is 0 Å². The molecule has 0 bridgehead atoms. The van der Waals surface area contributed by atoms with Gasteiger partial charge in [0.25, 0.3) is 0 Å². The van der Waals surface area contributed by atoms with E-state index in [1.807, 2.05) is 18.2 Å². The van der Waals surface area contributed by atoms with E-state index in [4.69, 9.17) is 9.47 Å². The molecular weight excluding hydrogens is 232 g/mol. The first-order valence-corrected chi connectivity index (χ1v) is 6.09. The van der Waals surface area contributed by atoms with Crippen LogP contribution in [-0.2, 0) is 11.2 Å². The number of fused-ring (bicyclic) bond motifs is 1. The molecule has 0 spiro atoms. The van der Waals surface area contributed by atoms with Crippen LogP contribution in [-0.4, -0.2) is 39.3 Å². The van der Waals surface area contributed by atoms with E-state index in [0.29, 0.717) is 26.3 Å². The highest BCUT2D eigenvalue weighted by atomic mass is 16.6. The van der Waals surface area contributed by atoms with Crippen molar-refractivity contribution in [2.45, 2.75) is 6.42 Å². The zero-order chi connectivity index (χ0) is 12.8. The number of likely N-dealkylation sites (N-methyl/N-ethyl adjacent to an activating group) is 1. The fraction of sp³-hybridized carbons (Fsp3) is 0.462. The van der Waals surface area contributed by atoms with Crippen LogP contribution in [0.15, 0.2) is 18.2 Å². The van der Waals surface area contributed by atoms with Crippen molar-refractivity contribution in [3.8, 4) is 11.5 Å². The van der Waals surface area contributed by atoms with Gasteiger partial charge in [-0.2, -0.15) is 0 Å². The van der Waals surface area contributed by atoms with Gasteiger partial charge in [-0.3, -0.25) is 4.79 Å². The minimum absolute atomic E-state index is 0.00930. The Balaban J connectivity index is 1.84. The van der Waals surface area contributed by atoms with Crippen LogP contribution in [0.25, 0.3) is 0 Å². The molecule has 1 amide bonds. The second kappa shape index (κ2) is 6.26. The lowest BCUT2D eigenvalue weighted by Crippen LogP contribution is -2.33. The summed E-state index contributed by atoms with van der Waals surface area (Å²) in [6.07, 6.45) is 0.784. The molecule has 0 aromatic heterocycles. The summed E-state index contributed by atoms with van der Waals surface area (Å²) in [5.74, 6) is 1.60. The fourth-order valence-corrected chi connectivity index (χ4v) is 1.81. The molecule has 2 rings (SSSR count). The molecule has 0 unspecified atom stereocenters. The Hall–Kier alpha value is -1.75. The number of amides is 1. The summed E-state index contributed by atoms with van der Waals surface area (Å²) in [4.78, 5) is 11.2. The molecule has 1 heterocycles. The molecule has 1 aliphatic rings. The van der Waals surface area contributed by atoms with Crippen LogP contribution in [0, 0.1) is 0 Å². The number of rotatable bonds is 5. The van der Waals surface area contributed by atoms with Crippen LogP contribution >= 0.6 is 0 Å². The summed E-state index contributed by atoms with van der Waals surface area (Å²) in [6, 6.07) is 5.88. The Morgan fingerprint density at radius 2 is 2.06 bits per heavy atom. The second-order valence-corrected chi connectivity index (χ2v) is 4.11. The first-order valence-electron chi connectivity index (χ1n) is 6.09. The van der Waals surface area contributed by atoms with Crippen LogP contribution in [0.2, 0.25) is 0 Å². The van der Waals surface area contributed by atoms with Crippen molar-refractivity contribution in [1.29, 1.82) is 0 Å². The minimum Gasteiger partial charge on any atom is -0.486 e. The normalized spacial score (nSPS) is 13.2. The SMILES string of the molecule is CNCC(=O)NCCc1ccc2c(c1)OCCO2. The lowest BCUT2D eigenvalue weighted by molar-refractivity contribution is -0.120. The van der Waals surface area contributed by atoms with E-state index in [2.05, 4.69) is 10.6 Å². The molecule has 0 radical (unpaired) electrons. The predicted octanol–water partition coefficient (Wildman–Crippen LogP) is 0.336. The van der Waals surface area contributed by atoms with Gasteiger partial charge in [-0.1, -0.05) is 6.07 Å². The van der Waals surface area contributed by atoms with Gasteiger partial charge in [-0.05, 0) is 31.2 Å². The molecular formula is C13H18N2O3. The lowest BCUT2D eigenvalue weighted by Gasteiger charge is -2.18. The number of carbonyl (C=O) groups is 1. The van der Waals surface area contributed by atoms with Crippen molar-refractivity contribution in [2.75, 3.05) is 33.4 Å². The third-order valence-electron chi connectivity index (χ3n) is 2.68. The highest BCUT2D eigenvalue weighted by Gasteiger charge is 2.11. The van der Waals surface area contributed by atoms with Crippen LogP contribution in [0.3, 0.4) is 0 Å². The fourth-order valence-electron chi connectivity index (χ4n) is 1.81. The molecule has 0 saturated carbocycles.